The number of fused-ring (bicyclic) bond motifs is 1. The van der Waals surface area contributed by atoms with Gasteiger partial charge in [-0.05, 0) is 60.1 Å². The van der Waals surface area contributed by atoms with E-state index in [0.717, 1.165) is 39.5 Å². The maximum Gasteiger partial charge on any atom is 0.119 e. The smallest absolute Gasteiger partial charge is 0.119 e. The number of nitrogens with two attached hydrogens (primary N) is 1. The molecule has 0 heterocycles. The van der Waals surface area contributed by atoms with Crippen molar-refractivity contribution in [2.75, 3.05) is 5.73 Å². The van der Waals surface area contributed by atoms with Crippen molar-refractivity contribution in [3.8, 4) is 5.75 Å². The molecule has 106 valence electrons. The van der Waals surface area contributed by atoms with Crippen molar-refractivity contribution in [2.45, 2.75) is 20.3 Å². The molecule has 0 bridgehead atoms. The summed E-state index contributed by atoms with van der Waals surface area (Å²) in [6.45, 7) is 8.13. The van der Waals surface area contributed by atoms with Gasteiger partial charge >= 0.3 is 0 Å². The van der Waals surface area contributed by atoms with Gasteiger partial charge in [0.1, 0.15) is 5.75 Å². The first-order valence-corrected chi connectivity index (χ1v) is 7.07. The Morgan fingerprint density at radius 3 is 2.67 bits per heavy atom. The van der Waals surface area contributed by atoms with Crippen LogP contribution in [0.4, 0.5) is 5.69 Å². The zero-order valence-electron chi connectivity index (χ0n) is 12.4. The van der Waals surface area contributed by atoms with Crippen LogP contribution >= 0.6 is 0 Å². The van der Waals surface area contributed by atoms with Crippen molar-refractivity contribution in [1.29, 1.82) is 0 Å². The Bertz CT molecular complexity index is 825. The number of phenolic OH excluding ortho intramolecular Hbond substituents is 1. The van der Waals surface area contributed by atoms with E-state index in [4.69, 9.17) is 5.73 Å². The molecule has 1 aliphatic carbocycles. The fourth-order valence-electron chi connectivity index (χ4n) is 2.96. The number of hydrogen-bond donors (Lipinski definition) is 2. The van der Waals surface area contributed by atoms with Crippen LogP contribution in [-0.2, 0) is 0 Å². The van der Waals surface area contributed by atoms with Crippen molar-refractivity contribution in [3.05, 3.63) is 65.3 Å². The minimum absolute atomic E-state index is 0.277. The van der Waals surface area contributed by atoms with Gasteiger partial charge in [-0.3, -0.25) is 0 Å². The molecule has 1 aliphatic rings. The lowest BCUT2D eigenvalue weighted by atomic mass is 9.86. The van der Waals surface area contributed by atoms with Crippen LogP contribution in [0.2, 0.25) is 0 Å². The van der Waals surface area contributed by atoms with Gasteiger partial charge in [-0.25, -0.2) is 0 Å². The molecule has 2 aromatic carbocycles. The summed E-state index contributed by atoms with van der Waals surface area (Å²) < 4.78 is 0. The number of aryl methyl sites for hydroxylation is 1. The average Bonchev–Trinajstić information content (AvgIpc) is 2.43. The Morgan fingerprint density at radius 1 is 1.19 bits per heavy atom. The maximum absolute atomic E-state index is 9.95. The van der Waals surface area contributed by atoms with Gasteiger partial charge in [-0.2, -0.15) is 0 Å². The van der Waals surface area contributed by atoms with E-state index in [1.54, 1.807) is 6.07 Å². The molecule has 2 nitrogen and oxygen atoms in total. The van der Waals surface area contributed by atoms with Gasteiger partial charge in [-0.15, -0.1) is 0 Å². The van der Waals surface area contributed by atoms with E-state index in [2.05, 4.69) is 37.8 Å². The predicted molar refractivity (Wildman–Crippen MR) is 90.3 cm³/mol. The monoisotopic (exact) mass is 277 g/mol. The Morgan fingerprint density at radius 2 is 1.95 bits per heavy atom. The van der Waals surface area contributed by atoms with E-state index in [9.17, 15) is 5.11 Å². The summed E-state index contributed by atoms with van der Waals surface area (Å²) in [5.41, 5.74) is 12.3. The Hall–Kier alpha value is -2.48. The van der Waals surface area contributed by atoms with Crippen molar-refractivity contribution >= 4 is 22.0 Å². The van der Waals surface area contributed by atoms with E-state index in [1.165, 1.54) is 5.57 Å². The molecule has 3 rings (SSSR count). The number of rotatable bonds is 1. The molecule has 0 spiro atoms. The highest BCUT2D eigenvalue weighted by Crippen LogP contribution is 2.39. The summed E-state index contributed by atoms with van der Waals surface area (Å²) in [7, 11) is 0. The first-order valence-electron chi connectivity index (χ1n) is 7.07. The summed E-state index contributed by atoms with van der Waals surface area (Å²) in [5.74, 6) is 0.277. The van der Waals surface area contributed by atoms with Crippen molar-refractivity contribution < 1.29 is 5.11 Å². The minimum Gasteiger partial charge on any atom is -0.508 e. The predicted octanol–water partition coefficient (Wildman–Crippen LogP) is 4.73. The highest BCUT2D eigenvalue weighted by molar-refractivity contribution is 6.02. The lowest BCUT2D eigenvalue weighted by Crippen LogP contribution is -2.01. The number of nitrogen functional groups attached to an aromatic ring is 1. The number of anilines is 1. The summed E-state index contributed by atoms with van der Waals surface area (Å²) in [6, 6.07) is 7.82. The van der Waals surface area contributed by atoms with E-state index in [0.29, 0.717) is 5.69 Å². The quantitative estimate of drug-likeness (QED) is 0.740. The Kier molecular flexibility index (Phi) is 3.09. The van der Waals surface area contributed by atoms with Crippen LogP contribution in [0.5, 0.6) is 5.75 Å². The van der Waals surface area contributed by atoms with Crippen LogP contribution in [0.25, 0.3) is 16.3 Å². The first kappa shape index (κ1) is 13.5. The lowest BCUT2D eigenvalue weighted by molar-refractivity contribution is 0.472. The molecule has 3 N–H and O–H groups in total. The maximum atomic E-state index is 9.95. The highest BCUT2D eigenvalue weighted by atomic mass is 16.3. The van der Waals surface area contributed by atoms with E-state index < -0.39 is 0 Å². The van der Waals surface area contributed by atoms with Gasteiger partial charge in [0, 0.05) is 16.6 Å². The largest absolute Gasteiger partial charge is 0.508 e. The van der Waals surface area contributed by atoms with Crippen LogP contribution < -0.4 is 5.73 Å². The van der Waals surface area contributed by atoms with Crippen LogP contribution in [-0.4, -0.2) is 5.11 Å². The van der Waals surface area contributed by atoms with Gasteiger partial charge in [0.2, 0.25) is 0 Å². The standard InChI is InChI=1S/C19H19NO/c1-11-5-4-6-12(2)18(11)15-8-7-14-9-13(3)17(21)10-16(14)19(15)20/h4,6-10,21H,1,5,20H2,2-3H3. The zero-order valence-corrected chi connectivity index (χ0v) is 12.4. The first-order chi connectivity index (χ1) is 9.99. The highest BCUT2D eigenvalue weighted by Gasteiger charge is 2.16. The van der Waals surface area contributed by atoms with Gasteiger partial charge in [0.25, 0.3) is 0 Å². The molecule has 0 saturated carbocycles. The van der Waals surface area contributed by atoms with E-state index in [-0.39, 0.29) is 5.75 Å². The average molecular weight is 277 g/mol. The third-order valence-electron chi connectivity index (χ3n) is 4.13. The van der Waals surface area contributed by atoms with Crippen molar-refractivity contribution in [2.24, 2.45) is 0 Å². The number of phenols is 1. The van der Waals surface area contributed by atoms with Gasteiger partial charge in [-0.1, -0.05) is 30.9 Å². The zero-order chi connectivity index (χ0) is 15.1. The fraction of sp³-hybridized carbons (Fsp3) is 0.158. The number of allylic oxidation sites excluding steroid dienone is 5. The summed E-state index contributed by atoms with van der Waals surface area (Å²) >= 11 is 0. The fourth-order valence-corrected chi connectivity index (χ4v) is 2.96. The molecular weight excluding hydrogens is 258 g/mol. The van der Waals surface area contributed by atoms with Gasteiger partial charge < -0.3 is 10.8 Å². The van der Waals surface area contributed by atoms with Crippen LogP contribution in [0, 0.1) is 6.92 Å². The second-order valence-electron chi connectivity index (χ2n) is 5.65. The molecule has 0 fully saturated rings. The molecular formula is C19H19NO. The number of aromatic hydroxyl groups is 1. The molecule has 0 radical (unpaired) electrons. The Labute approximate surface area is 124 Å². The molecule has 0 aliphatic heterocycles. The van der Waals surface area contributed by atoms with Gasteiger partial charge in [0.15, 0.2) is 0 Å². The summed E-state index contributed by atoms with van der Waals surface area (Å²) in [6.07, 6.45) is 5.08. The molecule has 0 saturated heterocycles. The van der Waals surface area contributed by atoms with Crippen molar-refractivity contribution in [3.63, 3.8) is 0 Å². The van der Waals surface area contributed by atoms with E-state index >= 15 is 0 Å². The second-order valence-corrected chi connectivity index (χ2v) is 5.65. The number of hydrogen-bond acceptors (Lipinski definition) is 2. The molecule has 0 aromatic heterocycles. The molecule has 2 aromatic rings. The lowest BCUT2D eigenvalue weighted by Gasteiger charge is -2.19. The van der Waals surface area contributed by atoms with E-state index in [1.807, 2.05) is 13.0 Å². The van der Waals surface area contributed by atoms with Crippen LogP contribution in [0.3, 0.4) is 0 Å². The molecule has 0 amide bonds. The third-order valence-corrected chi connectivity index (χ3v) is 4.13. The summed E-state index contributed by atoms with van der Waals surface area (Å²) in [5, 5.41) is 11.9. The molecule has 21 heavy (non-hydrogen) atoms. The second kappa shape index (κ2) is 4.81. The van der Waals surface area contributed by atoms with Crippen LogP contribution in [0.1, 0.15) is 24.5 Å². The molecule has 0 unspecified atom stereocenters. The Balaban J connectivity index is 2.30. The molecule has 0 atom stereocenters. The normalized spacial score (nSPS) is 15.0. The SMILES string of the molecule is C=C1CC=CC(C)=C1c1ccc2cc(C)c(O)cc2c1N. The number of benzene rings is 2. The molecule has 2 heteroatoms. The van der Waals surface area contributed by atoms with Crippen molar-refractivity contribution in [1.82, 2.24) is 0 Å². The van der Waals surface area contributed by atoms with Crippen LogP contribution in [0.15, 0.2) is 54.1 Å². The minimum atomic E-state index is 0.277. The topological polar surface area (TPSA) is 46.2 Å². The third kappa shape index (κ3) is 2.13. The summed E-state index contributed by atoms with van der Waals surface area (Å²) in [4.78, 5) is 0. The van der Waals surface area contributed by atoms with Gasteiger partial charge in [0.05, 0.1) is 0 Å².